The number of carboxylic acids is 1. The van der Waals surface area contributed by atoms with Crippen molar-refractivity contribution in [3.8, 4) is 0 Å². The van der Waals surface area contributed by atoms with E-state index in [0.29, 0.717) is 25.9 Å². The van der Waals surface area contributed by atoms with Crippen LogP contribution in [-0.4, -0.2) is 35.0 Å². The first kappa shape index (κ1) is 18.1. The Balaban J connectivity index is 1.83. The van der Waals surface area contributed by atoms with Crippen LogP contribution in [0, 0.1) is 0 Å². The number of rotatable bonds is 6. The SMILES string of the molecule is NC(=O)CC(c1ccccc1)N1CCC(C(=O)O)(c2ccccc2)CC1. The minimum absolute atomic E-state index is 0.115. The first-order valence-corrected chi connectivity index (χ1v) is 8.89. The quantitative estimate of drug-likeness (QED) is 0.837. The standard InChI is InChI=1S/C21H24N2O3/c22-19(24)15-18(16-7-3-1-4-8-16)23-13-11-21(12-14-23,20(25)26)17-9-5-2-6-10-17/h1-10,18H,11-15H2,(H2,22,24)(H,25,26). The summed E-state index contributed by atoms with van der Waals surface area (Å²) in [5.74, 6) is -1.13. The van der Waals surface area contributed by atoms with Crippen molar-refractivity contribution in [1.29, 1.82) is 0 Å². The van der Waals surface area contributed by atoms with Gasteiger partial charge in [0.05, 0.1) is 5.41 Å². The molecule has 1 amide bonds. The van der Waals surface area contributed by atoms with Crippen LogP contribution < -0.4 is 5.73 Å². The summed E-state index contributed by atoms with van der Waals surface area (Å²) in [5.41, 5.74) is 6.48. The smallest absolute Gasteiger partial charge is 0.314 e. The Morgan fingerprint density at radius 2 is 1.54 bits per heavy atom. The second kappa shape index (κ2) is 7.70. The molecule has 136 valence electrons. The monoisotopic (exact) mass is 352 g/mol. The second-order valence-corrected chi connectivity index (χ2v) is 6.89. The number of benzene rings is 2. The molecule has 1 aliphatic heterocycles. The van der Waals surface area contributed by atoms with Gasteiger partial charge in [-0.25, -0.2) is 0 Å². The Morgan fingerprint density at radius 3 is 2.04 bits per heavy atom. The molecule has 1 aliphatic rings. The zero-order valence-electron chi connectivity index (χ0n) is 14.7. The average Bonchev–Trinajstić information content (AvgIpc) is 2.67. The van der Waals surface area contributed by atoms with Gasteiger partial charge in [-0.05, 0) is 24.0 Å². The summed E-state index contributed by atoms with van der Waals surface area (Å²) in [6.07, 6.45) is 1.25. The van der Waals surface area contributed by atoms with Gasteiger partial charge in [-0.15, -0.1) is 0 Å². The van der Waals surface area contributed by atoms with Crippen LogP contribution in [0.4, 0.5) is 0 Å². The molecule has 0 aliphatic carbocycles. The van der Waals surface area contributed by atoms with E-state index in [1.54, 1.807) is 0 Å². The van der Waals surface area contributed by atoms with Crippen molar-refractivity contribution >= 4 is 11.9 Å². The zero-order chi connectivity index (χ0) is 18.6. The summed E-state index contributed by atoms with van der Waals surface area (Å²) in [4.78, 5) is 25.9. The van der Waals surface area contributed by atoms with Crippen LogP contribution in [0.3, 0.4) is 0 Å². The van der Waals surface area contributed by atoms with Gasteiger partial charge in [0.15, 0.2) is 0 Å². The van der Waals surface area contributed by atoms with Gasteiger partial charge in [0.2, 0.25) is 5.91 Å². The third-order valence-corrected chi connectivity index (χ3v) is 5.41. The van der Waals surface area contributed by atoms with Crippen molar-refractivity contribution in [2.75, 3.05) is 13.1 Å². The van der Waals surface area contributed by atoms with E-state index in [9.17, 15) is 14.7 Å². The van der Waals surface area contributed by atoms with Gasteiger partial charge < -0.3 is 10.8 Å². The summed E-state index contributed by atoms with van der Waals surface area (Å²) < 4.78 is 0. The second-order valence-electron chi connectivity index (χ2n) is 6.89. The van der Waals surface area contributed by atoms with Gasteiger partial charge in [0, 0.05) is 25.6 Å². The highest BCUT2D eigenvalue weighted by molar-refractivity contribution is 5.81. The minimum Gasteiger partial charge on any atom is -0.481 e. The van der Waals surface area contributed by atoms with Crippen LogP contribution in [0.2, 0.25) is 0 Å². The van der Waals surface area contributed by atoms with Crippen molar-refractivity contribution in [2.45, 2.75) is 30.7 Å². The number of aliphatic carboxylic acids is 1. The molecule has 0 spiro atoms. The van der Waals surface area contributed by atoms with Gasteiger partial charge in [0.25, 0.3) is 0 Å². The minimum atomic E-state index is -0.869. The largest absolute Gasteiger partial charge is 0.481 e. The fourth-order valence-corrected chi connectivity index (χ4v) is 3.92. The molecule has 3 rings (SSSR count). The molecular formula is C21H24N2O3. The van der Waals surface area contributed by atoms with Gasteiger partial charge in [-0.2, -0.15) is 0 Å². The van der Waals surface area contributed by atoms with E-state index in [4.69, 9.17) is 5.73 Å². The molecule has 3 N–H and O–H groups in total. The highest BCUT2D eigenvalue weighted by Crippen LogP contribution is 2.39. The lowest BCUT2D eigenvalue weighted by Crippen LogP contribution is -2.48. The number of primary amides is 1. The van der Waals surface area contributed by atoms with Gasteiger partial charge in [-0.3, -0.25) is 14.5 Å². The molecule has 0 saturated carbocycles. The molecule has 2 aromatic carbocycles. The van der Waals surface area contributed by atoms with E-state index >= 15 is 0 Å². The van der Waals surface area contributed by atoms with Gasteiger partial charge in [-0.1, -0.05) is 60.7 Å². The molecule has 1 saturated heterocycles. The topological polar surface area (TPSA) is 83.6 Å². The number of carbonyl (C=O) groups excluding carboxylic acids is 1. The Hall–Kier alpha value is -2.66. The summed E-state index contributed by atoms with van der Waals surface area (Å²) in [5, 5.41) is 9.94. The number of likely N-dealkylation sites (tertiary alicyclic amines) is 1. The molecule has 0 radical (unpaired) electrons. The lowest BCUT2D eigenvalue weighted by atomic mass is 9.72. The normalized spacial score (nSPS) is 18.2. The maximum atomic E-state index is 12.1. The Labute approximate surface area is 153 Å². The number of hydrogen-bond acceptors (Lipinski definition) is 3. The number of nitrogens with zero attached hydrogens (tertiary/aromatic N) is 1. The van der Waals surface area contributed by atoms with Gasteiger partial charge >= 0.3 is 5.97 Å². The number of nitrogens with two attached hydrogens (primary N) is 1. The molecule has 1 unspecified atom stereocenters. The predicted octanol–water partition coefficient (Wildman–Crippen LogP) is 2.72. The van der Waals surface area contributed by atoms with Crippen molar-refractivity contribution in [3.63, 3.8) is 0 Å². The molecule has 5 heteroatoms. The number of carboxylic acid groups (broad SMARTS) is 1. The van der Waals surface area contributed by atoms with Crippen molar-refractivity contribution in [2.24, 2.45) is 5.73 Å². The first-order chi connectivity index (χ1) is 12.5. The Bertz CT molecular complexity index is 753. The Kier molecular flexibility index (Phi) is 5.38. The van der Waals surface area contributed by atoms with Crippen molar-refractivity contribution < 1.29 is 14.7 Å². The fraction of sp³-hybridized carbons (Fsp3) is 0.333. The van der Waals surface area contributed by atoms with E-state index in [1.807, 2.05) is 60.7 Å². The fourth-order valence-electron chi connectivity index (χ4n) is 3.92. The molecule has 1 fully saturated rings. The summed E-state index contributed by atoms with van der Waals surface area (Å²) in [7, 11) is 0. The lowest BCUT2D eigenvalue weighted by Gasteiger charge is -2.42. The van der Waals surface area contributed by atoms with Crippen LogP contribution in [0.25, 0.3) is 0 Å². The molecule has 1 heterocycles. The maximum Gasteiger partial charge on any atom is 0.314 e. The Morgan fingerprint density at radius 1 is 1.00 bits per heavy atom. The molecule has 0 bridgehead atoms. The van der Waals surface area contributed by atoms with Crippen LogP contribution in [0.1, 0.15) is 36.4 Å². The van der Waals surface area contributed by atoms with Gasteiger partial charge in [0.1, 0.15) is 0 Å². The van der Waals surface area contributed by atoms with Crippen LogP contribution in [0.15, 0.2) is 60.7 Å². The third kappa shape index (κ3) is 3.63. The van der Waals surface area contributed by atoms with Crippen LogP contribution >= 0.6 is 0 Å². The third-order valence-electron chi connectivity index (χ3n) is 5.41. The van der Waals surface area contributed by atoms with E-state index in [0.717, 1.165) is 11.1 Å². The zero-order valence-corrected chi connectivity index (χ0v) is 14.7. The number of piperidine rings is 1. The molecule has 2 aromatic rings. The molecule has 1 atom stereocenters. The highest BCUT2D eigenvalue weighted by atomic mass is 16.4. The van der Waals surface area contributed by atoms with Crippen LogP contribution in [-0.2, 0) is 15.0 Å². The van der Waals surface area contributed by atoms with E-state index < -0.39 is 11.4 Å². The lowest BCUT2D eigenvalue weighted by molar-refractivity contribution is -0.146. The summed E-state index contributed by atoms with van der Waals surface area (Å²) in [6, 6.07) is 19.1. The number of amides is 1. The molecule has 5 nitrogen and oxygen atoms in total. The average molecular weight is 352 g/mol. The van der Waals surface area contributed by atoms with Crippen LogP contribution in [0.5, 0.6) is 0 Å². The highest BCUT2D eigenvalue weighted by Gasteiger charge is 2.44. The predicted molar refractivity (Wildman–Crippen MR) is 99.6 cm³/mol. The molecule has 26 heavy (non-hydrogen) atoms. The maximum absolute atomic E-state index is 12.1. The van der Waals surface area contributed by atoms with Crippen molar-refractivity contribution in [1.82, 2.24) is 4.90 Å². The van der Waals surface area contributed by atoms with E-state index in [-0.39, 0.29) is 18.4 Å². The number of carbonyl (C=O) groups is 2. The van der Waals surface area contributed by atoms with E-state index in [2.05, 4.69) is 4.90 Å². The summed E-state index contributed by atoms with van der Waals surface area (Å²) in [6.45, 7) is 1.21. The molecule has 0 aromatic heterocycles. The number of hydrogen-bond donors (Lipinski definition) is 2. The molecular weight excluding hydrogens is 328 g/mol. The summed E-state index contributed by atoms with van der Waals surface area (Å²) >= 11 is 0. The van der Waals surface area contributed by atoms with Crippen molar-refractivity contribution in [3.05, 3.63) is 71.8 Å². The van der Waals surface area contributed by atoms with E-state index in [1.165, 1.54) is 0 Å². The first-order valence-electron chi connectivity index (χ1n) is 8.89.